The molecule has 1 aromatic carbocycles. The molecular formula is C13H18N4O2. The molecule has 2 rings (SSSR count). The highest BCUT2D eigenvalue weighted by Gasteiger charge is 2.01. The van der Waals surface area contributed by atoms with E-state index in [1.807, 2.05) is 30.6 Å². The highest BCUT2D eigenvalue weighted by molar-refractivity contribution is 5.75. The number of fused-ring (bicyclic) bond motifs is 1. The number of benzene rings is 1. The summed E-state index contributed by atoms with van der Waals surface area (Å²) in [5, 5.41) is 13.8. The average molecular weight is 262 g/mol. The van der Waals surface area contributed by atoms with E-state index in [1.54, 1.807) is 0 Å². The number of urea groups is 1. The monoisotopic (exact) mass is 262 g/mol. The Morgan fingerprint density at radius 3 is 2.89 bits per heavy atom. The number of nitrogens with zero attached hydrogens (tertiary/aromatic N) is 2. The number of carbonyl (C=O) groups is 1. The van der Waals surface area contributed by atoms with Crippen LogP contribution < -0.4 is 10.6 Å². The van der Waals surface area contributed by atoms with E-state index in [4.69, 9.17) is 5.11 Å². The van der Waals surface area contributed by atoms with Crippen molar-refractivity contribution in [1.82, 2.24) is 20.2 Å². The third kappa shape index (κ3) is 3.69. The van der Waals surface area contributed by atoms with E-state index in [1.165, 1.54) is 0 Å². The maximum atomic E-state index is 11.2. The molecule has 0 aliphatic heterocycles. The molecule has 6 nitrogen and oxygen atoms in total. The number of imidazole rings is 1. The number of amides is 2. The molecule has 0 unspecified atom stereocenters. The Balaban J connectivity index is 1.75. The van der Waals surface area contributed by atoms with Gasteiger partial charge in [-0.1, -0.05) is 12.1 Å². The smallest absolute Gasteiger partial charge is 0.314 e. The maximum Gasteiger partial charge on any atom is 0.314 e. The first-order valence-electron chi connectivity index (χ1n) is 6.33. The minimum absolute atomic E-state index is 0.0472. The maximum absolute atomic E-state index is 11.2. The van der Waals surface area contributed by atoms with Gasteiger partial charge in [-0.15, -0.1) is 0 Å². The quantitative estimate of drug-likeness (QED) is 0.671. The molecule has 0 radical (unpaired) electrons. The predicted molar refractivity (Wildman–Crippen MR) is 72.8 cm³/mol. The van der Waals surface area contributed by atoms with Crippen molar-refractivity contribution in [3.63, 3.8) is 0 Å². The Kier molecular flexibility index (Phi) is 4.74. The average Bonchev–Trinajstić information content (AvgIpc) is 2.85. The minimum Gasteiger partial charge on any atom is -0.395 e. The molecule has 3 N–H and O–H groups in total. The summed E-state index contributed by atoms with van der Waals surface area (Å²) in [7, 11) is 0. The zero-order chi connectivity index (χ0) is 13.5. The van der Waals surface area contributed by atoms with Gasteiger partial charge in [-0.2, -0.15) is 0 Å². The Labute approximate surface area is 111 Å². The Morgan fingerprint density at radius 2 is 2.05 bits per heavy atom. The van der Waals surface area contributed by atoms with E-state index >= 15 is 0 Å². The number of carbonyl (C=O) groups excluding carboxylic acids is 1. The van der Waals surface area contributed by atoms with E-state index < -0.39 is 0 Å². The van der Waals surface area contributed by atoms with Gasteiger partial charge in [0.15, 0.2) is 0 Å². The van der Waals surface area contributed by atoms with Crippen LogP contribution >= 0.6 is 0 Å². The van der Waals surface area contributed by atoms with E-state index in [0.29, 0.717) is 6.54 Å². The molecule has 19 heavy (non-hydrogen) atoms. The fraction of sp³-hybridized carbons (Fsp3) is 0.385. The molecule has 0 atom stereocenters. The molecule has 0 fully saturated rings. The molecule has 2 aromatic rings. The highest BCUT2D eigenvalue weighted by Crippen LogP contribution is 2.11. The van der Waals surface area contributed by atoms with Crippen LogP contribution in [0.1, 0.15) is 6.42 Å². The summed E-state index contributed by atoms with van der Waals surface area (Å²) < 4.78 is 2.07. The fourth-order valence-electron chi connectivity index (χ4n) is 1.87. The molecule has 2 amide bonds. The highest BCUT2D eigenvalue weighted by atomic mass is 16.3. The van der Waals surface area contributed by atoms with Crippen LogP contribution in [0.4, 0.5) is 4.79 Å². The first-order chi connectivity index (χ1) is 9.31. The van der Waals surface area contributed by atoms with Crippen LogP contribution in [0.5, 0.6) is 0 Å². The van der Waals surface area contributed by atoms with Crippen LogP contribution in [0.3, 0.4) is 0 Å². The Morgan fingerprint density at radius 1 is 1.26 bits per heavy atom. The third-order valence-corrected chi connectivity index (χ3v) is 2.79. The van der Waals surface area contributed by atoms with Crippen molar-refractivity contribution in [2.75, 3.05) is 19.7 Å². The zero-order valence-electron chi connectivity index (χ0n) is 10.7. The van der Waals surface area contributed by atoms with Crippen LogP contribution in [0.2, 0.25) is 0 Å². The lowest BCUT2D eigenvalue weighted by Gasteiger charge is -2.07. The molecule has 102 valence electrons. The largest absolute Gasteiger partial charge is 0.395 e. The summed E-state index contributed by atoms with van der Waals surface area (Å²) >= 11 is 0. The number of hydrogen-bond donors (Lipinski definition) is 3. The van der Waals surface area contributed by atoms with Gasteiger partial charge in [0.25, 0.3) is 0 Å². The summed E-state index contributed by atoms with van der Waals surface area (Å²) in [5.74, 6) is 0. The van der Waals surface area contributed by atoms with Crippen molar-refractivity contribution in [1.29, 1.82) is 0 Å². The molecule has 0 saturated carbocycles. The topological polar surface area (TPSA) is 79.2 Å². The molecule has 0 bridgehead atoms. The second-order valence-corrected chi connectivity index (χ2v) is 4.19. The lowest BCUT2D eigenvalue weighted by Crippen LogP contribution is -2.37. The lowest BCUT2D eigenvalue weighted by atomic mass is 10.3. The molecular weight excluding hydrogens is 244 g/mol. The number of aliphatic hydroxyl groups is 1. The third-order valence-electron chi connectivity index (χ3n) is 2.79. The molecule has 0 aliphatic carbocycles. The van der Waals surface area contributed by atoms with Crippen molar-refractivity contribution in [2.45, 2.75) is 13.0 Å². The fourth-order valence-corrected chi connectivity index (χ4v) is 1.87. The van der Waals surface area contributed by atoms with Crippen molar-refractivity contribution < 1.29 is 9.90 Å². The first kappa shape index (κ1) is 13.4. The van der Waals surface area contributed by atoms with E-state index in [-0.39, 0.29) is 19.2 Å². The molecule has 6 heteroatoms. The first-order valence-corrected chi connectivity index (χ1v) is 6.33. The van der Waals surface area contributed by atoms with Crippen LogP contribution in [0.15, 0.2) is 30.6 Å². The number of hydrogen-bond acceptors (Lipinski definition) is 3. The number of aliphatic hydroxyl groups excluding tert-OH is 1. The van der Waals surface area contributed by atoms with Crippen molar-refractivity contribution >= 4 is 17.1 Å². The van der Waals surface area contributed by atoms with Crippen LogP contribution in [-0.2, 0) is 6.54 Å². The number of aryl methyl sites for hydroxylation is 1. The van der Waals surface area contributed by atoms with Crippen molar-refractivity contribution in [3.8, 4) is 0 Å². The van der Waals surface area contributed by atoms with Gasteiger partial charge in [0, 0.05) is 19.6 Å². The van der Waals surface area contributed by atoms with Crippen molar-refractivity contribution in [3.05, 3.63) is 30.6 Å². The SMILES string of the molecule is O=C(NCCO)NCCCn1cnc2ccccc21. The van der Waals surface area contributed by atoms with Crippen LogP contribution in [0, 0.1) is 0 Å². The van der Waals surface area contributed by atoms with Gasteiger partial charge in [-0.05, 0) is 18.6 Å². The van der Waals surface area contributed by atoms with Crippen LogP contribution in [0.25, 0.3) is 11.0 Å². The van der Waals surface area contributed by atoms with Gasteiger partial charge in [0.1, 0.15) is 0 Å². The summed E-state index contributed by atoms with van der Waals surface area (Å²) in [5.41, 5.74) is 2.09. The van der Waals surface area contributed by atoms with Crippen LogP contribution in [-0.4, -0.2) is 40.4 Å². The summed E-state index contributed by atoms with van der Waals surface area (Å²) in [6, 6.07) is 7.72. The van der Waals surface area contributed by atoms with Gasteiger partial charge in [0.05, 0.1) is 24.0 Å². The minimum atomic E-state index is -0.246. The number of rotatable bonds is 6. The molecule has 0 saturated heterocycles. The second kappa shape index (κ2) is 6.75. The van der Waals surface area contributed by atoms with Gasteiger partial charge in [0.2, 0.25) is 0 Å². The second-order valence-electron chi connectivity index (χ2n) is 4.19. The number of nitrogens with one attached hydrogen (secondary N) is 2. The molecule has 1 aromatic heterocycles. The van der Waals surface area contributed by atoms with Gasteiger partial charge in [-0.25, -0.2) is 9.78 Å². The normalized spacial score (nSPS) is 10.6. The van der Waals surface area contributed by atoms with Gasteiger partial charge >= 0.3 is 6.03 Å². The Bertz CT molecular complexity index is 538. The van der Waals surface area contributed by atoms with E-state index in [9.17, 15) is 4.79 Å². The van der Waals surface area contributed by atoms with E-state index in [2.05, 4.69) is 20.2 Å². The molecule has 1 heterocycles. The Hall–Kier alpha value is -2.08. The molecule has 0 aliphatic rings. The number of para-hydroxylation sites is 2. The standard InChI is InChI=1S/C13H18N4O2/c18-9-7-15-13(19)14-6-3-8-17-10-16-11-4-1-2-5-12(11)17/h1-2,4-5,10,18H,3,6-9H2,(H2,14,15,19). The van der Waals surface area contributed by atoms with Gasteiger partial charge in [-0.3, -0.25) is 0 Å². The predicted octanol–water partition coefficient (Wildman–Crippen LogP) is 0.718. The summed E-state index contributed by atoms with van der Waals surface area (Å²) in [4.78, 5) is 15.5. The van der Waals surface area contributed by atoms with E-state index in [0.717, 1.165) is 24.0 Å². The zero-order valence-corrected chi connectivity index (χ0v) is 10.7. The lowest BCUT2D eigenvalue weighted by molar-refractivity contribution is 0.234. The summed E-state index contributed by atoms with van der Waals surface area (Å²) in [6.45, 7) is 1.62. The van der Waals surface area contributed by atoms with Gasteiger partial charge < -0.3 is 20.3 Å². The van der Waals surface area contributed by atoms with Crippen molar-refractivity contribution in [2.24, 2.45) is 0 Å². The molecule has 0 spiro atoms. The summed E-state index contributed by atoms with van der Waals surface area (Å²) in [6.07, 6.45) is 2.64. The number of aromatic nitrogens is 2.